The molecule has 2 amide bonds. The predicted octanol–water partition coefficient (Wildman–Crippen LogP) is -1.56. The van der Waals surface area contributed by atoms with Crippen LogP contribution < -0.4 is 28.8 Å². The molecule has 2 rings (SSSR count). The van der Waals surface area contributed by atoms with Gasteiger partial charge >= 0.3 is 5.97 Å². The van der Waals surface area contributed by atoms with Crippen LogP contribution in [0.4, 0.5) is 0 Å². The first-order valence-corrected chi connectivity index (χ1v) is 11.0. The minimum atomic E-state index is -0.846. The molecule has 1 atom stereocenters. The Kier molecular flexibility index (Phi) is 12.8. The first-order valence-electron chi connectivity index (χ1n) is 11.0. The van der Waals surface area contributed by atoms with Gasteiger partial charge < -0.3 is 38.5 Å². The van der Waals surface area contributed by atoms with Crippen LogP contribution in [0.1, 0.15) is 66.1 Å². The van der Waals surface area contributed by atoms with Gasteiger partial charge in [-0.2, -0.15) is 0 Å². The Morgan fingerprint density at radius 1 is 1.09 bits per heavy atom. The average molecular weight is 480 g/mol. The SMILES string of the molecule is CC(C)CC(NC(=O)c1nc[nH]c1C(=O)NCCCCC[NH3+])C(=O)OCc1ccccc1.[Cl-]. The third-order valence-electron chi connectivity index (χ3n) is 4.81. The standard InChI is InChI=1S/C23H33N5O4.ClH/c1-16(2)13-18(23(31)32-14-17-9-5-3-6-10-17)28-22(30)20-19(26-15-27-20)21(29)25-12-8-4-7-11-24;/h3,5-6,9-10,15-16,18H,4,7-8,11-14,24H2,1-2H3,(H,25,29)(H,26,27)(H,28,30);1H. The van der Waals surface area contributed by atoms with Crippen molar-refractivity contribution in [3.63, 3.8) is 0 Å². The van der Waals surface area contributed by atoms with Crippen LogP contribution in [0, 0.1) is 5.92 Å². The highest BCUT2D eigenvalue weighted by Gasteiger charge is 2.27. The summed E-state index contributed by atoms with van der Waals surface area (Å²) >= 11 is 0. The van der Waals surface area contributed by atoms with E-state index in [0.29, 0.717) is 13.0 Å². The molecule has 0 saturated heterocycles. The zero-order valence-corrected chi connectivity index (χ0v) is 20.0. The van der Waals surface area contributed by atoms with Gasteiger partial charge in [0.15, 0.2) is 5.69 Å². The molecule has 2 aromatic rings. The summed E-state index contributed by atoms with van der Waals surface area (Å²) in [5, 5.41) is 5.47. The molecule has 0 aliphatic carbocycles. The number of hydrogen-bond donors (Lipinski definition) is 4. The van der Waals surface area contributed by atoms with Gasteiger partial charge in [-0.05, 0) is 37.2 Å². The van der Waals surface area contributed by atoms with E-state index in [1.165, 1.54) is 6.33 Å². The number of amides is 2. The number of quaternary nitrogens is 1. The molecule has 1 aromatic carbocycles. The van der Waals surface area contributed by atoms with Gasteiger partial charge in [-0.25, -0.2) is 9.78 Å². The number of rotatable bonds is 13. The zero-order valence-electron chi connectivity index (χ0n) is 19.2. The Morgan fingerprint density at radius 3 is 2.48 bits per heavy atom. The fourth-order valence-corrected chi connectivity index (χ4v) is 3.15. The number of H-pyrrole nitrogens is 1. The van der Waals surface area contributed by atoms with E-state index >= 15 is 0 Å². The van der Waals surface area contributed by atoms with Crippen molar-refractivity contribution < 1.29 is 37.3 Å². The molecule has 0 fully saturated rings. The summed E-state index contributed by atoms with van der Waals surface area (Å²) in [5.41, 5.74) is 4.67. The monoisotopic (exact) mass is 479 g/mol. The summed E-state index contributed by atoms with van der Waals surface area (Å²) in [5.74, 6) is -1.39. The lowest BCUT2D eigenvalue weighted by molar-refractivity contribution is -0.368. The summed E-state index contributed by atoms with van der Waals surface area (Å²) in [4.78, 5) is 44.6. The highest BCUT2D eigenvalue weighted by molar-refractivity contribution is 6.05. The number of hydrogen-bond acceptors (Lipinski definition) is 5. The Labute approximate surface area is 200 Å². The maximum absolute atomic E-state index is 12.8. The van der Waals surface area contributed by atoms with Gasteiger partial charge in [0.05, 0.1) is 12.9 Å². The van der Waals surface area contributed by atoms with Gasteiger partial charge in [-0.3, -0.25) is 9.59 Å². The van der Waals surface area contributed by atoms with E-state index in [1.54, 1.807) is 0 Å². The topological polar surface area (TPSA) is 141 Å². The summed E-state index contributed by atoms with van der Waals surface area (Å²) in [7, 11) is 0. The molecule has 0 saturated carbocycles. The van der Waals surface area contributed by atoms with E-state index in [2.05, 4.69) is 26.3 Å². The van der Waals surface area contributed by atoms with E-state index in [0.717, 1.165) is 31.4 Å². The molecule has 0 aliphatic heterocycles. The molecule has 1 unspecified atom stereocenters. The molecule has 33 heavy (non-hydrogen) atoms. The lowest BCUT2D eigenvalue weighted by Crippen LogP contribution is -3.00. The van der Waals surface area contributed by atoms with E-state index in [9.17, 15) is 14.4 Å². The van der Waals surface area contributed by atoms with E-state index in [4.69, 9.17) is 4.74 Å². The number of imidazole rings is 1. The largest absolute Gasteiger partial charge is 1.00 e. The third-order valence-corrected chi connectivity index (χ3v) is 4.81. The van der Waals surface area contributed by atoms with E-state index in [1.807, 2.05) is 44.2 Å². The first kappa shape index (κ1) is 28.1. The number of carbonyl (C=O) groups excluding carboxylic acids is 3. The Bertz CT molecular complexity index is 873. The average Bonchev–Trinajstić information content (AvgIpc) is 3.27. The Balaban J connectivity index is 0.00000544. The molecule has 182 valence electrons. The van der Waals surface area contributed by atoms with Crippen molar-refractivity contribution in [2.75, 3.05) is 13.1 Å². The maximum atomic E-state index is 12.8. The number of aromatic nitrogens is 2. The number of ether oxygens (including phenoxy) is 1. The molecule has 0 spiro atoms. The fourth-order valence-electron chi connectivity index (χ4n) is 3.15. The smallest absolute Gasteiger partial charge is 0.328 e. The molecule has 10 heteroatoms. The molecule has 0 aliphatic rings. The number of aromatic amines is 1. The van der Waals surface area contributed by atoms with Crippen LogP contribution in [-0.2, 0) is 16.1 Å². The first-order chi connectivity index (χ1) is 15.4. The molecular formula is C23H34ClN5O4. The van der Waals surface area contributed by atoms with Crippen LogP contribution in [0.15, 0.2) is 36.7 Å². The van der Waals surface area contributed by atoms with Gasteiger partial charge in [-0.1, -0.05) is 44.2 Å². The fraction of sp³-hybridized carbons (Fsp3) is 0.478. The summed E-state index contributed by atoms with van der Waals surface area (Å²) in [6.07, 6.45) is 4.50. The van der Waals surface area contributed by atoms with Crippen LogP contribution in [0.25, 0.3) is 0 Å². The minimum absolute atomic E-state index is 0. The Hall–Kier alpha value is -2.91. The summed E-state index contributed by atoms with van der Waals surface area (Å²) in [6, 6.07) is 8.48. The number of halogens is 1. The molecule has 6 N–H and O–H groups in total. The lowest BCUT2D eigenvalue weighted by atomic mass is 10.0. The van der Waals surface area contributed by atoms with Crippen LogP contribution in [-0.4, -0.2) is 46.9 Å². The van der Waals surface area contributed by atoms with Crippen LogP contribution in [0.5, 0.6) is 0 Å². The van der Waals surface area contributed by atoms with Gasteiger partial charge in [0.25, 0.3) is 11.8 Å². The number of nitrogens with zero attached hydrogens (tertiary/aromatic N) is 1. The van der Waals surface area contributed by atoms with Crippen molar-refractivity contribution in [2.45, 2.75) is 52.2 Å². The van der Waals surface area contributed by atoms with Crippen LogP contribution in [0.2, 0.25) is 0 Å². The van der Waals surface area contributed by atoms with Crippen molar-refractivity contribution in [1.82, 2.24) is 20.6 Å². The molecule has 1 aromatic heterocycles. The Morgan fingerprint density at radius 2 is 1.82 bits per heavy atom. The molecular weight excluding hydrogens is 446 g/mol. The number of nitrogens with one attached hydrogen (secondary N) is 3. The predicted molar refractivity (Wildman–Crippen MR) is 119 cm³/mol. The zero-order chi connectivity index (χ0) is 23.3. The summed E-state index contributed by atoms with van der Waals surface area (Å²) < 4.78 is 5.41. The second kappa shape index (κ2) is 15.0. The molecule has 0 radical (unpaired) electrons. The quantitative estimate of drug-likeness (QED) is 0.203. The van der Waals surface area contributed by atoms with E-state index < -0.39 is 23.8 Å². The second-order valence-corrected chi connectivity index (χ2v) is 8.05. The van der Waals surface area contributed by atoms with Gasteiger partial charge in [0, 0.05) is 6.54 Å². The lowest BCUT2D eigenvalue weighted by Gasteiger charge is -2.19. The summed E-state index contributed by atoms with van der Waals surface area (Å²) in [6.45, 7) is 5.39. The number of benzene rings is 1. The minimum Gasteiger partial charge on any atom is -1.00 e. The molecule has 0 bridgehead atoms. The van der Waals surface area contributed by atoms with Crippen molar-refractivity contribution >= 4 is 17.8 Å². The van der Waals surface area contributed by atoms with E-state index in [-0.39, 0.29) is 36.3 Å². The molecule has 1 heterocycles. The third kappa shape index (κ3) is 9.63. The van der Waals surface area contributed by atoms with Crippen molar-refractivity contribution in [2.24, 2.45) is 5.92 Å². The van der Waals surface area contributed by atoms with Gasteiger partial charge in [0.2, 0.25) is 0 Å². The highest BCUT2D eigenvalue weighted by Crippen LogP contribution is 2.11. The van der Waals surface area contributed by atoms with Crippen LogP contribution in [0.3, 0.4) is 0 Å². The number of esters is 1. The second-order valence-electron chi connectivity index (χ2n) is 8.05. The highest BCUT2D eigenvalue weighted by atomic mass is 35.5. The van der Waals surface area contributed by atoms with Crippen molar-refractivity contribution in [1.29, 1.82) is 0 Å². The van der Waals surface area contributed by atoms with Crippen molar-refractivity contribution in [3.8, 4) is 0 Å². The normalized spacial score (nSPS) is 11.4. The number of carbonyl (C=O) groups is 3. The number of unbranched alkanes of at least 4 members (excludes halogenated alkanes) is 2. The van der Waals surface area contributed by atoms with Gasteiger partial charge in [0.1, 0.15) is 18.3 Å². The molecule has 9 nitrogen and oxygen atoms in total. The van der Waals surface area contributed by atoms with Gasteiger partial charge in [-0.15, -0.1) is 0 Å². The van der Waals surface area contributed by atoms with Crippen LogP contribution >= 0.6 is 0 Å². The van der Waals surface area contributed by atoms with Crippen molar-refractivity contribution in [3.05, 3.63) is 53.6 Å². The maximum Gasteiger partial charge on any atom is 0.328 e.